The molecule has 0 radical (unpaired) electrons. The Balaban J connectivity index is 2.86. The fourth-order valence-electron chi connectivity index (χ4n) is 1.34. The number of carbonyl (C=O) groups is 1. The van der Waals surface area contributed by atoms with Crippen LogP contribution in [0.2, 0.25) is 0 Å². The average Bonchev–Trinajstić information content (AvgIpc) is 2.28. The van der Waals surface area contributed by atoms with Crippen LogP contribution in [0.1, 0.15) is 17.2 Å². The molecule has 2 N–H and O–H groups in total. The predicted octanol–water partition coefficient (Wildman–Crippen LogP) is 1.29. The number of methoxy groups -OCH3 is 1. The fraction of sp³-hybridized carbons (Fsp3) is 0.364. The van der Waals surface area contributed by atoms with Gasteiger partial charge in [0.25, 0.3) is 0 Å². The Hall–Kier alpha value is -1.46. The molecule has 0 amide bonds. The number of hydrogen-bond donors (Lipinski definition) is 2. The Morgan fingerprint density at radius 2 is 2.25 bits per heavy atom. The number of alkyl halides is 1. The van der Waals surface area contributed by atoms with E-state index in [1.165, 1.54) is 19.2 Å². The van der Waals surface area contributed by atoms with E-state index in [0.29, 0.717) is 6.61 Å². The molecule has 4 nitrogen and oxygen atoms in total. The zero-order valence-corrected chi connectivity index (χ0v) is 8.76. The first-order valence-electron chi connectivity index (χ1n) is 4.69. The molecule has 88 valence electrons. The highest BCUT2D eigenvalue weighted by atomic mass is 19.1. The average molecular weight is 228 g/mol. The Bertz CT molecular complexity index is 367. The maximum atomic E-state index is 13.0. The van der Waals surface area contributed by atoms with Crippen molar-refractivity contribution in [3.05, 3.63) is 35.4 Å². The molecule has 16 heavy (non-hydrogen) atoms. The Kier molecular flexibility index (Phi) is 4.39. The second kappa shape index (κ2) is 5.58. The van der Waals surface area contributed by atoms with Gasteiger partial charge in [-0.2, -0.15) is 0 Å². The zero-order chi connectivity index (χ0) is 12.1. The molecule has 0 spiro atoms. The van der Waals surface area contributed by atoms with Crippen LogP contribution >= 0.6 is 0 Å². The van der Waals surface area contributed by atoms with Crippen LogP contribution in [0.4, 0.5) is 4.39 Å². The minimum atomic E-state index is -2.32. The van der Waals surface area contributed by atoms with Gasteiger partial charge in [0, 0.05) is 7.11 Å². The molecule has 0 aromatic heterocycles. The van der Waals surface area contributed by atoms with Crippen LogP contribution in [-0.2, 0) is 16.1 Å². The topological polar surface area (TPSA) is 66.8 Å². The summed E-state index contributed by atoms with van der Waals surface area (Å²) in [5, 5.41) is 17.9. The number of hydrogen-bond acceptors (Lipinski definition) is 3. The van der Waals surface area contributed by atoms with Crippen molar-refractivity contribution in [1.29, 1.82) is 0 Å². The summed E-state index contributed by atoms with van der Waals surface area (Å²) in [6.45, 7) is 0.324. The van der Waals surface area contributed by atoms with Crippen molar-refractivity contribution in [3.63, 3.8) is 0 Å². The monoisotopic (exact) mass is 228 g/mol. The molecule has 5 heteroatoms. The van der Waals surface area contributed by atoms with Crippen LogP contribution in [0.5, 0.6) is 0 Å². The van der Waals surface area contributed by atoms with Gasteiger partial charge in [-0.3, -0.25) is 0 Å². The Labute approximate surface area is 92.3 Å². The standard InChI is InChI=1S/C11H13FO4/c1-16-6-7-3-2-4-8(5-7)10(13)9(12)11(14)15/h2-5,9-10,13H,6H2,1H3,(H,14,15). The highest BCUT2D eigenvalue weighted by molar-refractivity contribution is 5.73. The smallest absolute Gasteiger partial charge is 0.341 e. The van der Waals surface area contributed by atoms with Crippen molar-refractivity contribution < 1.29 is 24.1 Å². The van der Waals surface area contributed by atoms with Crippen molar-refractivity contribution in [2.45, 2.75) is 18.9 Å². The van der Waals surface area contributed by atoms with Crippen LogP contribution < -0.4 is 0 Å². The minimum Gasteiger partial charge on any atom is -0.479 e. The van der Waals surface area contributed by atoms with Gasteiger partial charge < -0.3 is 14.9 Å². The highest BCUT2D eigenvalue weighted by Gasteiger charge is 2.27. The van der Waals surface area contributed by atoms with E-state index in [9.17, 15) is 14.3 Å². The van der Waals surface area contributed by atoms with Crippen molar-refractivity contribution >= 4 is 5.97 Å². The number of aliphatic carboxylic acids is 1. The molecular formula is C11H13FO4. The van der Waals surface area contributed by atoms with Gasteiger partial charge in [0.1, 0.15) is 6.10 Å². The molecule has 0 bridgehead atoms. The zero-order valence-electron chi connectivity index (χ0n) is 8.76. The van der Waals surface area contributed by atoms with Crippen LogP contribution in [0.3, 0.4) is 0 Å². The molecule has 0 saturated heterocycles. The second-order valence-corrected chi connectivity index (χ2v) is 3.36. The van der Waals surface area contributed by atoms with Crippen LogP contribution in [0, 0.1) is 0 Å². The lowest BCUT2D eigenvalue weighted by Crippen LogP contribution is -2.23. The van der Waals surface area contributed by atoms with Gasteiger partial charge in [0.15, 0.2) is 0 Å². The van der Waals surface area contributed by atoms with Gasteiger partial charge in [0.2, 0.25) is 6.17 Å². The number of aliphatic hydroxyl groups excluding tert-OH is 1. The quantitative estimate of drug-likeness (QED) is 0.796. The number of halogens is 1. The maximum absolute atomic E-state index is 13.0. The SMILES string of the molecule is COCc1cccc(C(O)C(F)C(=O)O)c1. The summed E-state index contributed by atoms with van der Waals surface area (Å²) >= 11 is 0. The third-order valence-corrected chi connectivity index (χ3v) is 2.12. The first-order valence-corrected chi connectivity index (χ1v) is 4.69. The van der Waals surface area contributed by atoms with E-state index < -0.39 is 18.2 Å². The van der Waals surface area contributed by atoms with Crippen molar-refractivity contribution in [3.8, 4) is 0 Å². The molecule has 0 saturated carbocycles. The maximum Gasteiger partial charge on any atom is 0.341 e. The third-order valence-electron chi connectivity index (χ3n) is 2.12. The summed E-state index contributed by atoms with van der Waals surface area (Å²) in [4.78, 5) is 10.4. The lowest BCUT2D eigenvalue weighted by atomic mass is 10.0. The second-order valence-electron chi connectivity index (χ2n) is 3.36. The molecule has 1 rings (SSSR count). The molecule has 2 unspecified atom stereocenters. The van der Waals surface area contributed by atoms with Gasteiger partial charge in [-0.25, -0.2) is 9.18 Å². The summed E-state index contributed by atoms with van der Waals surface area (Å²) in [5.41, 5.74) is 0.973. The lowest BCUT2D eigenvalue weighted by molar-refractivity contribution is -0.147. The molecule has 0 aliphatic rings. The molecular weight excluding hydrogens is 215 g/mol. The summed E-state index contributed by atoms with van der Waals surface area (Å²) in [6, 6.07) is 6.35. The van der Waals surface area contributed by atoms with E-state index in [-0.39, 0.29) is 5.56 Å². The largest absolute Gasteiger partial charge is 0.479 e. The molecule has 0 fully saturated rings. The summed E-state index contributed by atoms with van der Waals surface area (Å²) in [7, 11) is 1.51. The number of ether oxygens (including phenoxy) is 1. The van der Waals surface area contributed by atoms with Crippen molar-refractivity contribution in [2.75, 3.05) is 7.11 Å². The van der Waals surface area contributed by atoms with E-state index in [1.807, 2.05) is 0 Å². The van der Waals surface area contributed by atoms with Crippen molar-refractivity contribution in [2.24, 2.45) is 0 Å². The number of rotatable bonds is 5. The van der Waals surface area contributed by atoms with E-state index in [1.54, 1.807) is 12.1 Å². The number of carboxylic acid groups (broad SMARTS) is 1. The first-order chi connectivity index (χ1) is 7.56. The van der Waals surface area contributed by atoms with Gasteiger partial charge in [-0.1, -0.05) is 24.3 Å². The first kappa shape index (κ1) is 12.6. The Morgan fingerprint density at radius 1 is 1.56 bits per heavy atom. The van der Waals surface area contributed by atoms with Crippen molar-refractivity contribution in [1.82, 2.24) is 0 Å². The van der Waals surface area contributed by atoms with Crippen LogP contribution in [-0.4, -0.2) is 29.5 Å². The van der Waals surface area contributed by atoms with Gasteiger partial charge in [0.05, 0.1) is 6.61 Å². The molecule has 1 aromatic rings. The highest BCUT2D eigenvalue weighted by Crippen LogP contribution is 2.20. The van der Waals surface area contributed by atoms with Gasteiger partial charge in [-0.05, 0) is 11.1 Å². The lowest BCUT2D eigenvalue weighted by Gasteiger charge is -2.13. The van der Waals surface area contributed by atoms with Gasteiger partial charge >= 0.3 is 5.97 Å². The number of benzene rings is 1. The van der Waals surface area contributed by atoms with E-state index in [2.05, 4.69) is 0 Å². The third kappa shape index (κ3) is 3.01. The molecule has 0 aliphatic heterocycles. The molecule has 0 aliphatic carbocycles. The molecule has 1 aromatic carbocycles. The van der Waals surface area contributed by atoms with Gasteiger partial charge in [-0.15, -0.1) is 0 Å². The van der Waals surface area contributed by atoms with Crippen LogP contribution in [0.25, 0.3) is 0 Å². The summed E-state index contributed by atoms with van der Waals surface area (Å²) in [6.07, 6.45) is -3.98. The summed E-state index contributed by atoms with van der Waals surface area (Å²) < 4.78 is 17.9. The fourth-order valence-corrected chi connectivity index (χ4v) is 1.34. The summed E-state index contributed by atoms with van der Waals surface area (Å²) in [5.74, 6) is -1.68. The molecule has 0 heterocycles. The number of carboxylic acids is 1. The predicted molar refractivity (Wildman–Crippen MR) is 54.6 cm³/mol. The minimum absolute atomic E-state index is 0.226. The Morgan fingerprint density at radius 3 is 2.81 bits per heavy atom. The van der Waals surface area contributed by atoms with E-state index in [0.717, 1.165) is 5.56 Å². The number of aliphatic hydroxyl groups is 1. The van der Waals surface area contributed by atoms with E-state index in [4.69, 9.17) is 9.84 Å². The normalized spacial score (nSPS) is 14.4. The van der Waals surface area contributed by atoms with Crippen LogP contribution in [0.15, 0.2) is 24.3 Å². The van der Waals surface area contributed by atoms with E-state index >= 15 is 0 Å². The molecule has 2 atom stereocenters.